The Kier molecular flexibility index (Phi) is 6.57. The molecule has 3 heterocycles. The molecule has 7 nitrogen and oxygen atoms in total. The Bertz CT molecular complexity index is 1300. The second-order valence-electron chi connectivity index (χ2n) is 8.67. The number of carbonyl (C=O) groups excluding carboxylic acids is 2. The lowest BCUT2D eigenvalue weighted by atomic mass is 10.0. The topological polar surface area (TPSA) is 79.9 Å². The van der Waals surface area contributed by atoms with Gasteiger partial charge >= 0.3 is 5.97 Å². The van der Waals surface area contributed by atoms with Crippen molar-refractivity contribution in [3.05, 3.63) is 73.6 Å². The molecule has 1 aromatic heterocycles. The molecule has 5 rings (SSSR count). The van der Waals surface area contributed by atoms with Gasteiger partial charge in [-0.2, -0.15) is 0 Å². The number of likely N-dealkylation sites (N-methyl/N-ethyl adjacent to an activating group) is 1. The van der Waals surface area contributed by atoms with Gasteiger partial charge in [-0.3, -0.25) is 9.69 Å². The Labute approximate surface area is 216 Å². The highest BCUT2D eigenvalue weighted by Crippen LogP contribution is 2.43. The molecule has 0 saturated carbocycles. The van der Waals surface area contributed by atoms with Crippen LogP contribution in [0.1, 0.15) is 55.4 Å². The highest BCUT2D eigenvalue weighted by Gasteiger charge is 2.33. The summed E-state index contributed by atoms with van der Waals surface area (Å²) in [5, 5.41) is 7.46. The van der Waals surface area contributed by atoms with Gasteiger partial charge < -0.3 is 20.1 Å². The average Bonchev–Trinajstić information content (AvgIpc) is 3.23. The Hall–Kier alpha value is -2.88. The minimum Gasteiger partial charge on any atom is -0.493 e. The maximum Gasteiger partial charge on any atom is 0.343 e. The van der Waals surface area contributed by atoms with Crippen LogP contribution in [0.3, 0.4) is 0 Å². The molecule has 0 bridgehead atoms. The van der Waals surface area contributed by atoms with Crippen LogP contribution in [0.2, 0.25) is 0 Å². The van der Waals surface area contributed by atoms with Crippen LogP contribution in [0.5, 0.6) is 11.5 Å². The van der Waals surface area contributed by atoms with Crippen molar-refractivity contribution >= 4 is 44.1 Å². The van der Waals surface area contributed by atoms with Gasteiger partial charge in [-0.05, 0) is 71.2 Å². The molecule has 0 radical (unpaired) electrons. The van der Waals surface area contributed by atoms with Crippen LogP contribution in [0, 0.1) is 6.92 Å². The SMILES string of the molecule is CCN1CCc2c(sc3c2C(=O)N[C@@H](c2cc(Br)c(OC(=O)c4ccc(C)cc4)c(OC)c2)N3)C1. The van der Waals surface area contributed by atoms with E-state index in [-0.39, 0.29) is 11.7 Å². The normalized spacial score (nSPS) is 17.1. The third-order valence-electron chi connectivity index (χ3n) is 6.43. The van der Waals surface area contributed by atoms with Gasteiger partial charge in [-0.1, -0.05) is 24.6 Å². The number of amides is 1. The second-order valence-corrected chi connectivity index (χ2v) is 10.6. The van der Waals surface area contributed by atoms with E-state index in [1.165, 1.54) is 12.0 Å². The number of carbonyl (C=O) groups is 2. The van der Waals surface area contributed by atoms with E-state index in [1.54, 1.807) is 29.5 Å². The lowest BCUT2D eigenvalue weighted by Crippen LogP contribution is -2.38. The number of nitrogens with one attached hydrogen (secondary N) is 2. The first-order valence-corrected chi connectivity index (χ1v) is 13.1. The third-order valence-corrected chi connectivity index (χ3v) is 8.17. The molecule has 0 saturated heterocycles. The first-order chi connectivity index (χ1) is 16.9. The van der Waals surface area contributed by atoms with Gasteiger partial charge in [0, 0.05) is 18.0 Å². The highest BCUT2D eigenvalue weighted by atomic mass is 79.9. The van der Waals surface area contributed by atoms with Crippen LogP contribution in [0.15, 0.2) is 40.9 Å². The first kappa shape index (κ1) is 23.8. The van der Waals surface area contributed by atoms with E-state index in [0.29, 0.717) is 15.8 Å². The third kappa shape index (κ3) is 4.55. The molecular weight excluding hydrogens is 530 g/mol. The molecule has 0 fully saturated rings. The number of rotatable bonds is 5. The molecule has 35 heavy (non-hydrogen) atoms. The van der Waals surface area contributed by atoms with Crippen LogP contribution in [-0.2, 0) is 13.0 Å². The van der Waals surface area contributed by atoms with Crippen molar-refractivity contribution in [3.8, 4) is 11.5 Å². The first-order valence-electron chi connectivity index (χ1n) is 11.5. The van der Waals surface area contributed by atoms with E-state index in [1.807, 2.05) is 25.1 Å². The summed E-state index contributed by atoms with van der Waals surface area (Å²) in [7, 11) is 1.52. The van der Waals surface area contributed by atoms with Crippen LogP contribution in [0.25, 0.3) is 0 Å². The van der Waals surface area contributed by atoms with Crippen molar-refractivity contribution in [2.24, 2.45) is 0 Å². The number of hydrogen-bond donors (Lipinski definition) is 2. The molecular formula is C26H26BrN3O4S. The zero-order valence-corrected chi connectivity index (χ0v) is 22.1. The summed E-state index contributed by atoms with van der Waals surface area (Å²) in [5.41, 5.74) is 4.22. The molecule has 2 aromatic carbocycles. The van der Waals surface area contributed by atoms with Crippen molar-refractivity contribution in [2.75, 3.05) is 25.5 Å². The number of nitrogens with zero attached hydrogens (tertiary/aromatic N) is 1. The van der Waals surface area contributed by atoms with E-state index >= 15 is 0 Å². The van der Waals surface area contributed by atoms with Crippen molar-refractivity contribution in [1.29, 1.82) is 0 Å². The fourth-order valence-electron chi connectivity index (χ4n) is 4.45. The summed E-state index contributed by atoms with van der Waals surface area (Å²) in [5.74, 6) is 0.128. The molecule has 1 atom stereocenters. The second kappa shape index (κ2) is 9.64. The molecule has 2 aliphatic heterocycles. The average molecular weight is 556 g/mol. The van der Waals surface area contributed by atoms with Crippen molar-refractivity contribution in [3.63, 3.8) is 0 Å². The lowest BCUT2D eigenvalue weighted by molar-refractivity contribution is 0.0728. The molecule has 0 aliphatic carbocycles. The van der Waals surface area contributed by atoms with E-state index in [4.69, 9.17) is 9.47 Å². The van der Waals surface area contributed by atoms with E-state index in [2.05, 4.69) is 38.4 Å². The molecule has 1 amide bonds. The van der Waals surface area contributed by atoms with Gasteiger partial charge in [0.2, 0.25) is 0 Å². The quantitative estimate of drug-likeness (QED) is 0.329. The number of ether oxygens (including phenoxy) is 2. The van der Waals surface area contributed by atoms with Crippen molar-refractivity contribution in [1.82, 2.24) is 10.2 Å². The molecule has 2 N–H and O–H groups in total. The molecule has 3 aromatic rings. The van der Waals surface area contributed by atoms with E-state index in [9.17, 15) is 9.59 Å². The van der Waals surface area contributed by atoms with Crippen LogP contribution in [0.4, 0.5) is 5.00 Å². The van der Waals surface area contributed by atoms with Gasteiger partial charge in [0.15, 0.2) is 11.5 Å². The number of fused-ring (bicyclic) bond motifs is 3. The van der Waals surface area contributed by atoms with Crippen LogP contribution >= 0.6 is 27.3 Å². The fraction of sp³-hybridized carbons (Fsp3) is 0.308. The Balaban J connectivity index is 1.41. The Morgan fingerprint density at radius 2 is 2.00 bits per heavy atom. The van der Waals surface area contributed by atoms with Crippen LogP contribution < -0.4 is 20.1 Å². The summed E-state index contributed by atoms with van der Waals surface area (Å²) in [6.45, 7) is 6.96. The Morgan fingerprint density at radius 3 is 2.71 bits per heavy atom. The van der Waals surface area contributed by atoms with Gasteiger partial charge in [0.25, 0.3) is 5.91 Å². The number of esters is 1. The number of halogens is 1. The summed E-state index contributed by atoms with van der Waals surface area (Å²) in [4.78, 5) is 29.4. The monoisotopic (exact) mass is 555 g/mol. The summed E-state index contributed by atoms with van der Waals surface area (Å²) >= 11 is 5.18. The van der Waals surface area contributed by atoms with Crippen molar-refractivity contribution in [2.45, 2.75) is 33.0 Å². The standard InChI is InChI=1S/C26H26BrN3O4S/c1-4-30-10-9-17-20(13-30)35-25-21(17)24(31)28-23(29-25)16-11-18(27)22(19(12-16)33-3)34-26(32)15-7-5-14(2)6-8-15/h5-8,11-12,23,29H,4,9-10,13H2,1-3H3,(H,28,31)/t23-/m1/s1. The Morgan fingerprint density at radius 1 is 1.23 bits per heavy atom. The lowest BCUT2D eigenvalue weighted by Gasteiger charge is -2.28. The minimum absolute atomic E-state index is 0.0730. The minimum atomic E-state index is -0.476. The summed E-state index contributed by atoms with van der Waals surface area (Å²) in [6.07, 6.45) is 0.444. The molecule has 182 valence electrons. The predicted octanol–water partition coefficient (Wildman–Crippen LogP) is 5.28. The zero-order valence-electron chi connectivity index (χ0n) is 19.7. The number of methoxy groups -OCH3 is 1. The molecule has 0 spiro atoms. The maximum atomic E-state index is 13.1. The number of thiophene rings is 1. The summed E-state index contributed by atoms with van der Waals surface area (Å²) in [6, 6.07) is 10.8. The highest BCUT2D eigenvalue weighted by molar-refractivity contribution is 9.10. The van der Waals surface area contributed by atoms with Gasteiger partial charge in [0.05, 0.1) is 22.7 Å². The van der Waals surface area contributed by atoms with Gasteiger partial charge in [0.1, 0.15) is 11.2 Å². The fourth-order valence-corrected chi connectivity index (χ4v) is 6.31. The van der Waals surface area contributed by atoms with Crippen LogP contribution in [-0.4, -0.2) is 37.0 Å². The van der Waals surface area contributed by atoms with E-state index < -0.39 is 12.1 Å². The largest absolute Gasteiger partial charge is 0.493 e. The number of anilines is 1. The predicted molar refractivity (Wildman–Crippen MR) is 140 cm³/mol. The smallest absolute Gasteiger partial charge is 0.343 e. The maximum absolute atomic E-state index is 13.1. The zero-order chi connectivity index (χ0) is 24.7. The molecule has 9 heteroatoms. The molecule has 0 unspecified atom stereocenters. The number of hydrogen-bond acceptors (Lipinski definition) is 7. The summed E-state index contributed by atoms with van der Waals surface area (Å²) < 4.78 is 11.8. The van der Waals surface area contributed by atoms with Gasteiger partial charge in [-0.25, -0.2) is 4.79 Å². The van der Waals surface area contributed by atoms with Gasteiger partial charge in [-0.15, -0.1) is 11.3 Å². The number of aryl methyl sites for hydroxylation is 1. The van der Waals surface area contributed by atoms with E-state index in [0.717, 1.165) is 53.3 Å². The molecule has 2 aliphatic rings. The number of benzene rings is 2. The van der Waals surface area contributed by atoms with Crippen molar-refractivity contribution < 1.29 is 19.1 Å².